The van der Waals surface area contributed by atoms with E-state index in [1.54, 1.807) is 0 Å². The normalized spacial score (nSPS) is 36.3. The van der Waals surface area contributed by atoms with Crippen LogP contribution in [0.1, 0.15) is 52.4 Å². The van der Waals surface area contributed by atoms with Gasteiger partial charge in [-0.15, -0.1) is 0 Å². The Balaban J connectivity index is 1.80. The molecular weight excluding hydrogens is 284 g/mol. The van der Waals surface area contributed by atoms with Crippen LogP contribution < -0.4 is 5.32 Å². The lowest BCUT2D eigenvalue weighted by atomic mass is 9.87. The second kappa shape index (κ2) is 5.82. The van der Waals surface area contributed by atoms with E-state index in [1.165, 1.54) is 25.7 Å². The van der Waals surface area contributed by atoms with E-state index in [0.29, 0.717) is 23.5 Å². The Hall–Kier alpha value is -0.130. The molecule has 1 saturated carbocycles. The molecule has 2 heterocycles. The fraction of sp³-hybridized carbons (Fsp3) is 1.00. The maximum Gasteiger partial charge on any atom is 0.151 e. The van der Waals surface area contributed by atoms with Gasteiger partial charge in [0.1, 0.15) is 0 Å². The number of piperazine rings is 1. The van der Waals surface area contributed by atoms with E-state index in [-0.39, 0.29) is 11.6 Å². The summed E-state index contributed by atoms with van der Waals surface area (Å²) in [5, 5.41) is 3.82. The highest BCUT2D eigenvalue weighted by molar-refractivity contribution is 7.91. The molecular formula is C16H30N2O2S. The molecule has 3 rings (SSSR count). The van der Waals surface area contributed by atoms with E-state index in [9.17, 15) is 8.42 Å². The standard InChI is InChI=1S/C16H30N2O2S/c1-13(2)15-10-17-16(7-3-4-8-16)12-18(15)14-6-5-9-21(19,20)11-14/h13-15,17H,3-12H2,1-2H3. The molecule has 0 aromatic heterocycles. The quantitative estimate of drug-likeness (QED) is 0.844. The monoisotopic (exact) mass is 314 g/mol. The minimum atomic E-state index is -2.83. The lowest BCUT2D eigenvalue weighted by Crippen LogP contribution is -2.67. The largest absolute Gasteiger partial charge is 0.308 e. The van der Waals surface area contributed by atoms with Gasteiger partial charge in [0, 0.05) is 30.7 Å². The Morgan fingerprint density at radius 1 is 1.19 bits per heavy atom. The molecule has 2 unspecified atom stereocenters. The van der Waals surface area contributed by atoms with Crippen molar-refractivity contribution in [3.8, 4) is 0 Å². The maximum absolute atomic E-state index is 12.1. The first-order chi connectivity index (χ1) is 9.91. The van der Waals surface area contributed by atoms with E-state index in [4.69, 9.17) is 0 Å². The van der Waals surface area contributed by atoms with Crippen molar-refractivity contribution >= 4 is 9.84 Å². The van der Waals surface area contributed by atoms with Crippen molar-refractivity contribution in [3.05, 3.63) is 0 Å². The lowest BCUT2D eigenvalue weighted by molar-refractivity contribution is 0.0245. The van der Waals surface area contributed by atoms with Gasteiger partial charge in [-0.2, -0.15) is 0 Å². The molecule has 2 saturated heterocycles. The summed E-state index contributed by atoms with van der Waals surface area (Å²) in [6.07, 6.45) is 7.04. The minimum absolute atomic E-state index is 0.246. The molecule has 0 aromatic carbocycles. The van der Waals surface area contributed by atoms with Gasteiger partial charge in [0.2, 0.25) is 0 Å². The van der Waals surface area contributed by atoms with Crippen LogP contribution in [0.3, 0.4) is 0 Å². The molecule has 3 aliphatic rings. The molecule has 0 amide bonds. The third-order valence-corrected chi connectivity index (χ3v) is 7.64. The Morgan fingerprint density at radius 2 is 1.90 bits per heavy atom. The first kappa shape index (κ1) is 15.8. The van der Waals surface area contributed by atoms with Gasteiger partial charge in [0.25, 0.3) is 0 Å². The summed E-state index contributed by atoms with van der Waals surface area (Å²) in [4.78, 5) is 2.57. The number of nitrogens with one attached hydrogen (secondary N) is 1. The highest BCUT2D eigenvalue weighted by atomic mass is 32.2. The van der Waals surface area contributed by atoms with Gasteiger partial charge in [0.15, 0.2) is 9.84 Å². The molecule has 21 heavy (non-hydrogen) atoms. The summed E-state index contributed by atoms with van der Waals surface area (Å²) >= 11 is 0. The van der Waals surface area contributed by atoms with Crippen molar-refractivity contribution in [1.82, 2.24) is 10.2 Å². The van der Waals surface area contributed by atoms with Crippen LogP contribution in [0.25, 0.3) is 0 Å². The van der Waals surface area contributed by atoms with Crippen LogP contribution in [0, 0.1) is 5.92 Å². The van der Waals surface area contributed by atoms with Crippen molar-refractivity contribution in [2.45, 2.75) is 70.0 Å². The van der Waals surface area contributed by atoms with Crippen molar-refractivity contribution < 1.29 is 8.42 Å². The van der Waals surface area contributed by atoms with Crippen LogP contribution in [-0.4, -0.2) is 55.5 Å². The molecule has 1 spiro atoms. The number of hydrogen-bond acceptors (Lipinski definition) is 4. The SMILES string of the molecule is CC(C)C1CNC2(CCCC2)CN1C1CCCS(=O)(=O)C1. The summed E-state index contributed by atoms with van der Waals surface area (Å²) in [6.45, 7) is 6.61. The zero-order chi connectivity index (χ0) is 15.1. The molecule has 0 bridgehead atoms. The van der Waals surface area contributed by atoms with E-state index in [2.05, 4.69) is 24.1 Å². The summed E-state index contributed by atoms with van der Waals surface area (Å²) in [7, 11) is -2.83. The van der Waals surface area contributed by atoms with Crippen LogP contribution in [0.15, 0.2) is 0 Å². The Morgan fingerprint density at radius 3 is 2.52 bits per heavy atom. The second-order valence-corrected chi connectivity index (χ2v) is 9.99. The minimum Gasteiger partial charge on any atom is -0.308 e. The van der Waals surface area contributed by atoms with Crippen molar-refractivity contribution in [2.24, 2.45) is 5.92 Å². The molecule has 122 valence electrons. The van der Waals surface area contributed by atoms with Gasteiger partial charge < -0.3 is 5.32 Å². The smallest absolute Gasteiger partial charge is 0.151 e. The summed E-state index contributed by atoms with van der Waals surface area (Å²) < 4.78 is 24.1. The zero-order valence-electron chi connectivity index (χ0n) is 13.5. The molecule has 4 nitrogen and oxygen atoms in total. The molecule has 1 N–H and O–H groups in total. The topological polar surface area (TPSA) is 49.4 Å². The summed E-state index contributed by atoms with van der Waals surface area (Å²) in [5.74, 6) is 1.35. The van der Waals surface area contributed by atoms with E-state index in [0.717, 1.165) is 25.9 Å². The first-order valence-corrected chi connectivity index (χ1v) is 10.4. The number of hydrogen-bond donors (Lipinski definition) is 1. The third-order valence-electron chi connectivity index (χ3n) is 5.84. The van der Waals surface area contributed by atoms with Crippen LogP contribution in [0.5, 0.6) is 0 Å². The van der Waals surface area contributed by atoms with Crippen molar-refractivity contribution in [2.75, 3.05) is 24.6 Å². The number of sulfone groups is 1. The van der Waals surface area contributed by atoms with Gasteiger partial charge in [-0.3, -0.25) is 4.90 Å². The van der Waals surface area contributed by atoms with E-state index >= 15 is 0 Å². The molecule has 0 aromatic rings. The highest BCUT2D eigenvalue weighted by Crippen LogP contribution is 2.36. The molecule has 1 aliphatic carbocycles. The molecule has 0 radical (unpaired) electrons. The van der Waals surface area contributed by atoms with Gasteiger partial charge >= 0.3 is 0 Å². The molecule has 5 heteroatoms. The zero-order valence-corrected chi connectivity index (χ0v) is 14.3. The predicted molar refractivity (Wildman–Crippen MR) is 86.2 cm³/mol. The highest BCUT2D eigenvalue weighted by Gasteiger charge is 2.45. The van der Waals surface area contributed by atoms with Crippen molar-refractivity contribution in [3.63, 3.8) is 0 Å². The molecule has 2 aliphatic heterocycles. The van der Waals surface area contributed by atoms with Gasteiger partial charge in [-0.25, -0.2) is 8.42 Å². The van der Waals surface area contributed by atoms with Gasteiger partial charge in [0.05, 0.1) is 11.5 Å². The van der Waals surface area contributed by atoms with Crippen LogP contribution in [0.2, 0.25) is 0 Å². The Labute approximate surface area is 129 Å². The Kier molecular flexibility index (Phi) is 4.37. The van der Waals surface area contributed by atoms with Gasteiger partial charge in [-0.05, 0) is 31.6 Å². The van der Waals surface area contributed by atoms with Gasteiger partial charge in [-0.1, -0.05) is 26.7 Å². The number of rotatable bonds is 2. The third kappa shape index (κ3) is 3.30. The predicted octanol–water partition coefficient (Wildman–Crippen LogP) is 1.81. The number of nitrogens with zero attached hydrogens (tertiary/aromatic N) is 1. The second-order valence-electron chi connectivity index (χ2n) is 7.76. The molecule has 2 atom stereocenters. The van der Waals surface area contributed by atoms with E-state index in [1.807, 2.05) is 0 Å². The Bertz CT molecular complexity index is 469. The summed E-state index contributed by atoms with van der Waals surface area (Å²) in [5.41, 5.74) is 0.270. The van der Waals surface area contributed by atoms with Crippen LogP contribution >= 0.6 is 0 Å². The van der Waals surface area contributed by atoms with Crippen LogP contribution in [-0.2, 0) is 9.84 Å². The molecule has 3 fully saturated rings. The fourth-order valence-electron chi connectivity index (χ4n) is 4.63. The van der Waals surface area contributed by atoms with Crippen molar-refractivity contribution in [1.29, 1.82) is 0 Å². The summed E-state index contributed by atoms with van der Waals surface area (Å²) in [6, 6.07) is 0.727. The lowest BCUT2D eigenvalue weighted by Gasteiger charge is -2.51. The van der Waals surface area contributed by atoms with Crippen LogP contribution in [0.4, 0.5) is 0 Å². The van der Waals surface area contributed by atoms with E-state index < -0.39 is 9.84 Å². The average Bonchev–Trinajstić information content (AvgIpc) is 2.85. The fourth-order valence-corrected chi connectivity index (χ4v) is 6.34. The average molecular weight is 314 g/mol. The maximum atomic E-state index is 12.1. The first-order valence-electron chi connectivity index (χ1n) is 8.62.